The van der Waals surface area contributed by atoms with Gasteiger partial charge in [0.2, 0.25) is 5.91 Å². The Kier molecular flexibility index (Phi) is 6.37. The molecule has 0 spiro atoms. The van der Waals surface area contributed by atoms with Crippen LogP contribution in [0.15, 0.2) is 60.9 Å². The number of aromatic nitrogens is 2. The lowest BCUT2D eigenvalue weighted by molar-refractivity contribution is -0.141. The van der Waals surface area contributed by atoms with Crippen molar-refractivity contribution < 1.29 is 23.5 Å². The predicted octanol–water partition coefficient (Wildman–Crippen LogP) is 2.36. The number of halogens is 1. The summed E-state index contributed by atoms with van der Waals surface area (Å²) in [6.45, 7) is 0.672. The van der Waals surface area contributed by atoms with E-state index in [-0.39, 0.29) is 24.8 Å². The van der Waals surface area contributed by atoms with Gasteiger partial charge in [0.15, 0.2) is 18.2 Å². The first-order chi connectivity index (χ1) is 15.5. The molecule has 2 N–H and O–H groups in total. The Morgan fingerprint density at radius 2 is 1.88 bits per heavy atom. The molecule has 8 nitrogen and oxygen atoms in total. The van der Waals surface area contributed by atoms with E-state index in [1.807, 2.05) is 0 Å². The maximum absolute atomic E-state index is 13.7. The zero-order chi connectivity index (χ0) is 22.5. The number of hydrogen-bond donors (Lipinski definition) is 1. The molecule has 164 valence electrons. The highest BCUT2D eigenvalue weighted by Gasteiger charge is 2.29. The van der Waals surface area contributed by atoms with Crippen molar-refractivity contribution in [3.63, 3.8) is 0 Å². The molecule has 32 heavy (non-hydrogen) atoms. The Morgan fingerprint density at radius 1 is 1.12 bits per heavy atom. The van der Waals surface area contributed by atoms with E-state index in [2.05, 4.69) is 9.97 Å². The summed E-state index contributed by atoms with van der Waals surface area (Å²) >= 11 is 0. The molecule has 1 aliphatic heterocycles. The maximum atomic E-state index is 13.7. The summed E-state index contributed by atoms with van der Waals surface area (Å²) in [5, 5.41) is 0. The van der Waals surface area contributed by atoms with Gasteiger partial charge in [-0.1, -0.05) is 24.3 Å². The number of nitrogens with zero attached hydrogens (tertiary/aromatic N) is 3. The highest BCUT2D eigenvalue weighted by atomic mass is 19.1. The fraction of sp³-hybridized carbons (Fsp3) is 0.217. The van der Waals surface area contributed by atoms with Crippen LogP contribution in [0.4, 0.5) is 4.39 Å². The van der Waals surface area contributed by atoms with Crippen molar-refractivity contribution in [2.24, 2.45) is 5.73 Å². The van der Waals surface area contributed by atoms with Gasteiger partial charge in [-0.05, 0) is 24.3 Å². The number of carbonyl (C=O) groups excluding carboxylic acids is 2. The third-order valence-corrected chi connectivity index (χ3v) is 5.08. The van der Waals surface area contributed by atoms with Crippen molar-refractivity contribution in [3.8, 4) is 17.0 Å². The van der Waals surface area contributed by atoms with Crippen LogP contribution in [0.1, 0.15) is 22.2 Å². The van der Waals surface area contributed by atoms with Crippen LogP contribution in [-0.2, 0) is 9.53 Å². The average Bonchev–Trinajstić information content (AvgIpc) is 2.83. The first-order valence-electron chi connectivity index (χ1n) is 10.0. The normalized spacial score (nSPS) is 15.9. The molecule has 3 aromatic rings. The van der Waals surface area contributed by atoms with Gasteiger partial charge in [0.25, 0.3) is 5.91 Å². The van der Waals surface area contributed by atoms with Gasteiger partial charge in [-0.15, -0.1) is 0 Å². The van der Waals surface area contributed by atoms with Crippen LogP contribution in [0.3, 0.4) is 0 Å². The van der Waals surface area contributed by atoms with Crippen molar-refractivity contribution in [2.75, 3.05) is 26.3 Å². The minimum absolute atomic E-state index is 0.0290. The third kappa shape index (κ3) is 4.73. The second-order valence-electron chi connectivity index (χ2n) is 7.15. The number of nitrogens with two attached hydrogens (primary N) is 1. The molecule has 0 bridgehead atoms. The number of carbonyl (C=O) groups is 2. The number of hydrogen-bond acceptors (Lipinski definition) is 6. The minimum Gasteiger partial charge on any atom is -0.481 e. The van der Waals surface area contributed by atoms with Crippen LogP contribution in [-0.4, -0.2) is 53.0 Å². The number of rotatable bonds is 6. The summed E-state index contributed by atoms with van der Waals surface area (Å²) in [6.07, 6.45) is 2.62. The van der Waals surface area contributed by atoms with E-state index in [1.165, 1.54) is 12.1 Å². The average molecular weight is 436 g/mol. The quantitative estimate of drug-likeness (QED) is 0.636. The molecule has 2 aromatic carbocycles. The molecule has 0 radical (unpaired) electrons. The van der Waals surface area contributed by atoms with Crippen molar-refractivity contribution >= 4 is 11.8 Å². The van der Waals surface area contributed by atoms with E-state index in [9.17, 15) is 14.0 Å². The largest absolute Gasteiger partial charge is 0.481 e. The van der Waals surface area contributed by atoms with Crippen molar-refractivity contribution in [1.82, 2.24) is 14.9 Å². The van der Waals surface area contributed by atoms with Gasteiger partial charge >= 0.3 is 0 Å². The molecular formula is C23H21FN4O4. The summed E-state index contributed by atoms with van der Waals surface area (Å²) in [7, 11) is 0. The van der Waals surface area contributed by atoms with Gasteiger partial charge in [-0.2, -0.15) is 0 Å². The molecule has 1 saturated heterocycles. The minimum atomic E-state index is -0.522. The Balaban J connectivity index is 1.48. The van der Waals surface area contributed by atoms with Crippen molar-refractivity contribution in [3.05, 3.63) is 78.0 Å². The molecule has 2 heterocycles. The highest BCUT2D eigenvalue weighted by molar-refractivity contribution is 5.93. The van der Waals surface area contributed by atoms with E-state index in [1.54, 1.807) is 53.7 Å². The number of para-hydroxylation sites is 1. The number of amides is 2. The number of primary amides is 1. The summed E-state index contributed by atoms with van der Waals surface area (Å²) in [4.78, 5) is 34.5. The zero-order valence-corrected chi connectivity index (χ0v) is 17.1. The first kappa shape index (κ1) is 21.4. The molecule has 0 saturated carbocycles. The molecular weight excluding hydrogens is 415 g/mol. The van der Waals surface area contributed by atoms with E-state index >= 15 is 0 Å². The zero-order valence-electron chi connectivity index (χ0n) is 17.1. The maximum Gasteiger partial charge on any atom is 0.260 e. The molecule has 4 rings (SSSR count). The molecule has 2 amide bonds. The van der Waals surface area contributed by atoms with E-state index in [0.717, 1.165) is 5.56 Å². The summed E-state index contributed by atoms with van der Waals surface area (Å²) in [5.74, 6) is -1.29. The van der Waals surface area contributed by atoms with Crippen LogP contribution in [0, 0.1) is 5.82 Å². The molecule has 1 aliphatic rings. The van der Waals surface area contributed by atoms with E-state index in [0.29, 0.717) is 30.1 Å². The molecule has 0 unspecified atom stereocenters. The summed E-state index contributed by atoms with van der Waals surface area (Å²) < 4.78 is 25.0. The molecule has 0 aliphatic carbocycles. The van der Waals surface area contributed by atoms with E-state index in [4.69, 9.17) is 15.2 Å². The van der Waals surface area contributed by atoms with Gasteiger partial charge in [-0.25, -0.2) is 4.39 Å². The van der Waals surface area contributed by atoms with Crippen molar-refractivity contribution in [1.29, 1.82) is 0 Å². The van der Waals surface area contributed by atoms with Gasteiger partial charge in [-0.3, -0.25) is 19.6 Å². The Bertz CT molecular complexity index is 1120. The Morgan fingerprint density at radius 3 is 2.62 bits per heavy atom. The van der Waals surface area contributed by atoms with Crippen LogP contribution >= 0.6 is 0 Å². The fourth-order valence-corrected chi connectivity index (χ4v) is 3.43. The fourth-order valence-electron chi connectivity index (χ4n) is 3.43. The smallest absolute Gasteiger partial charge is 0.260 e. The Hall–Kier alpha value is -3.85. The third-order valence-electron chi connectivity index (χ3n) is 5.08. The van der Waals surface area contributed by atoms with Crippen LogP contribution in [0.5, 0.6) is 5.75 Å². The number of benzene rings is 2. The lowest BCUT2D eigenvalue weighted by Gasteiger charge is -2.33. The van der Waals surface area contributed by atoms with Crippen LogP contribution < -0.4 is 10.5 Å². The first-order valence-corrected chi connectivity index (χ1v) is 10.0. The Labute approximate surface area is 183 Å². The predicted molar refractivity (Wildman–Crippen MR) is 113 cm³/mol. The van der Waals surface area contributed by atoms with Gasteiger partial charge in [0, 0.05) is 30.1 Å². The number of morpholine rings is 1. The molecule has 1 fully saturated rings. The second kappa shape index (κ2) is 9.52. The lowest BCUT2D eigenvalue weighted by Crippen LogP contribution is -2.44. The van der Waals surface area contributed by atoms with E-state index < -0.39 is 17.8 Å². The van der Waals surface area contributed by atoms with Gasteiger partial charge in [0.1, 0.15) is 6.10 Å². The number of ether oxygens (including phenoxy) is 2. The molecule has 1 aromatic heterocycles. The summed E-state index contributed by atoms with van der Waals surface area (Å²) in [5.41, 5.74) is 7.60. The van der Waals surface area contributed by atoms with Crippen molar-refractivity contribution in [2.45, 2.75) is 6.10 Å². The molecule has 1 atom stereocenters. The topological polar surface area (TPSA) is 108 Å². The lowest BCUT2D eigenvalue weighted by atomic mass is 10.0. The second-order valence-corrected chi connectivity index (χ2v) is 7.15. The van der Waals surface area contributed by atoms with Crippen LogP contribution in [0.25, 0.3) is 11.3 Å². The summed E-state index contributed by atoms with van der Waals surface area (Å²) in [6, 6.07) is 12.6. The SMILES string of the molecule is NC(=O)c1ccc(-c2nccnc2[C@H]2CN(C(=O)COc3ccccc3F)CCO2)cc1. The van der Waals surface area contributed by atoms with Gasteiger partial charge < -0.3 is 20.1 Å². The monoisotopic (exact) mass is 436 g/mol. The molecule has 9 heteroatoms. The highest BCUT2D eigenvalue weighted by Crippen LogP contribution is 2.29. The van der Waals surface area contributed by atoms with Gasteiger partial charge in [0.05, 0.1) is 24.5 Å². The van der Waals surface area contributed by atoms with Crippen LogP contribution in [0.2, 0.25) is 0 Å². The standard InChI is InChI=1S/C23H21FN4O4/c24-17-3-1-2-4-18(17)32-14-20(29)28-11-12-31-19(13-28)22-21(26-9-10-27-22)15-5-7-16(8-6-15)23(25)30/h1-10,19H,11-14H2,(H2,25,30)/t19-/m1/s1.